The molecule has 0 saturated heterocycles. The molecule has 5 heteroatoms. The van der Waals surface area contributed by atoms with Crippen LogP contribution < -0.4 is 15.4 Å². The van der Waals surface area contributed by atoms with Crippen molar-refractivity contribution in [3.8, 4) is 5.75 Å². The molecule has 2 N–H and O–H groups in total. The van der Waals surface area contributed by atoms with Gasteiger partial charge in [0, 0.05) is 12.2 Å². The Hall–Kier alpha value is -2.82. The summed E-state index contributed by atoms with van der Waals surface area (Å²) in [6.07, 6.45) is 0.931. The summed E-state index contributed by atoms with van der Waals surface area (Å²) in [4.78, 5) is 23.9. The minimum Gasteiger partial charge on any atom is -0.494 e. The molecule has 0 aromatic heterocycles. The van der Waals surface area contributed by atoms with E-state index in [9.17, 15) is 9.59 Å². The first-order valence-electron chi connectivity index (χ1n) is 8.47. The lowest BCUT2D eigenvalue weighted by atomic mass is 10.0. The third-order valence-electron chi connectivity index (χ3n) is 3.73. The van der Waals surface area contributed by atoms with Crippen LogP contribution in [0.25, 0.3) is 0 Å². The zero-order valence-electron chi connectivity index (χ0n) is 14.6. The molecule has 2 amide bonds. The smallest absolute Gasteiger partial charge is 0.313 e. The fraction of sp³-hybridized carbons (Fsp3) is 0.300. The first kappa shape index (κ1) is 18.5. The third-order valence-corrected chi connectivity index (χ3v) is 3.73. The quantitative estimate of drug-likeness (QED) is 0.760. The van der Waals surface area contributed by atoms with Crippen LogP contribution in [-0.2, 0) is 9.59 Å². The summed E-state index contributed by atoms with van der Waals surface area (Å²) in [6, 6.07) is 16.8. The van der Waals surface area contributed by atoms with Crippen molar-refractivity contribution < 1.29 is 14.3 Å². The predicted octanol–water partition coefficient (Wildman–Crippen LogP) is 3.33. The van der Waals surface area contributed by atoms with Crippen LogP contribution in [0.4, 0.5) is 5.69 Å². The van der Waals surface area contributed by atoms with Crippen LogP contribution in [0.2, 0.25) is 0 Å². The second kappa shape index (κ2) is 9.47. The maximum absolute atomic E-state index is 12.0. The highest BCUT2D eigenvalue weighted by Crippen LogP contribution is 2.16. The maximum Gasteiger partial charge on any atom is 0.313 e. The van der Waals surface area contributed by atoms with Crippen molar-refractivity contribution in [3.63, 3.8) is 0 Å². The Morgan fingerprint density at radius 3 is 2.32 bits per heavy atom. The normalized spacial score (nSPS) is 11.4. The molecule has 0 radical (unpaired) electrons. The van der Waals surface area contributed by atoms with Gasteiger partial charge in [-0.25, -0.2) is 0 Å². The van der Waals surface area contributed by atoms with E-state index < -0.39 is 11.8 Å². The average molecular weight is 340 g/mol. The molecule has 2 aromatic rings. The molecule has 0 aliphatic heterocycles. The molecule has 0 aliphatic carbocycles. The van der Waals surface area contributed by atoms with Crippen molar-refractivity contribution in [3.05, 3.63) is 60.2 Å². The van der Waals surface area contributed by atoms with Crippen LogP contribution in [0.5, 0.6) is 5.75 Å². The molecule has 0 spiro atoms. The van der Waals surface area contributed by atoms with Crippen molar-refractivity contribution in [1.29, 1.82) is 0 Å². The van der Waals surface area contributed by atoms with Gasteiger partial charge in [-0.3, -0.25) is 9.59 Å². The zero-order valence-corrected chi connectivity index (χ0v) is 14.6. The molecule has 5 nitrogen and oxygen atoms in total. The fourth-order valence-corrected chi connectivity index (χ4v) is 2.27. The van der Waals surface area contributed by atoms with Crippen molar-refractivity contribution >= 4 is 17.5 Å². The van der Waals surface area contributed by atoms with Gasteiger partial charge in [0.05, 0.1) is 6.61 Å². The van der Waals surface area contributed by atoms with E-state index in [0.717, 1.165) is 17.7 Å². The molecule has 1 atom stereocenters. The largest absolute Gasteiger partial charge is 0.494 e. The van der Waals surface area contributed by atoms with Crippen molar-refractivity contribution in [2.45, 2.75) is 26.2 Å². The van der Waals surface area contributed by atoms with Gasteiger partial charge in [-0.1, -0.05) is 44.2 Å². The summed E-state index contributed by atoms with van der Waals surface area (Å²) in [6.45, 7) is 5.09. The van der Waals surface area contributed by atoms with Gasteiger partial charge in [0.25, 0.3) is 0 Å². The van der Waals surface area contributed by atoms with Gasteiger partial charge < -0.3 is 15.4 Å². The molecule has 0 fully saturated rings. The topological polar surface area (TPSA) is 67.4 Å². The number of carbonyl (C=O) groups excluding carboxylic acids is 2. The summed E-state index contributed by atoms with van der Waals surface area (Å²) in [5, 5.41) is 5.25. The molecular weight excluding hydrogens is 316 g/mol. The standard InChI is InChI=1S/C20H24N2O3/c1-3-13-25-18-11-9-17(10-12-18)22-20(24)19(23)21-14-15(2)16-7-5-4-6-8-16/h4-12,15H,3,13-14H2,1-2H3,(H,21,23)(H,22,24). The molecule has 0 saturated carbocycles. The number of hydrogen-bond donors (Lipinski definition) is 2. The van der Waals surface area contributed by atoms with Crippen LogP contribution in [0.15, 0.2) is 54.6 Å². The van der Waals surface area contributed by atoms with Gasteiger partial charge in [-0.05, 0) is 42.2 Å². The van der Waals surface area contributed by atoms with E-state index in [1.807, 2.05) is 44.2 Å². The Morgan fingerprint density at radius 2 is 1.68 bits per heavy atom. The number of benzene rings is 2. The monoisotopic (exact) mass is 340 g/mol. The second-order valence-electron chi connectivity index (χ2n) is 5.85. The van der Waals surface area contributed by atoms with E-state index >= 15 is 0 Å². The molecule has 0 bridgehead atoms. The van der Waals surface area contributed by atoms with E-state index in [4.69, 9.17) is 4.74 Å². The first-order valence-corrected chi connectivity index (χ1v) is 8.47. The number of ether oxygens (including phenoxy) is 1. The lowest BCUT2D eigenvalue weighted by molar-refractivity contribution is -0.136. The van der Waals surface area contributed by atoms with E-state index in [1.54, 1.807) is 24.3 Å². The summed E-state index contributed by atoms with van der Waals surface area (Å²) in [5.74, 6) is -0.453. The Labute approximate surface area is 148 Å². The van der Waals surface area contributed by atoms with Crippen molar-refractivity contribution in [2.24, 2.45) is 0 Å². The average Bonchev–Trinajstić information content (AvgIpc) is 2.65. The maximum atomic E-state index is 12.0. The molecule has 1 unspecified atom stereocenters. The van der Waals surface area contributed by atoms with Gasteiger partial charge in [-0.15, -0.1) is 0 Å². The van der Waals surface area contributed by atoms with E-state index in [-0.39, 0.29) is 5.92 Å². The zero-order chi connectivity index (χ0) is 18.1. The number of carbonyl (C=O) groups is 2. The van der Waals surface area contributed by atoms with Gasteiger partial charge in [-0.2, -0.15) is 0 Å². The molecular formula is C20H24N2O3. The lowest BCUT2D eigenvalue weighted by Gasteiger charge is -2.13. The van der Waals surface area contributed by atoms with Gasteiger partial charge >= 0.3 is 11.8 Å². The van der Waals surface area contributed by atoms with E-state index in [2.05, 4.69) is 10.6 Å². The van der Waals surface area contributed by atoms with Gasteiger partial charge in [0.2, 0.25) is 0 Å². The van der Waals surface area contributed by atoms with E-state index in [1.165, 1.54) is 0 Å². The summed E-state index contributed by atoms with van der Waals surface area (Å²) in [5.41, 5.74) is 1.67. The molecule has 0 aliphatic rings. The minimum absolute atomic E-state index is 0.132. The van der Waals surface area contributed by atoms with Crippen molar-refractivity contribution in [1.82, 2.24) is 5.32 Å². The van der Waals surface area contributed by atoms with Crippen LogP contribution >= 0.6 is 0 Å². The molecule has 2 aromatic carbocycles. The SMILES string of the molecule is CCCOc1ccc(NC(=O)C(=O)NCC(C)c2ccccc2)cc1. The predicted molar refractivity (Wildman–Crippen MR) is 98.7 cm³/mol. The number of rotatable bonds is 7. The summed E-state index contributed by atoms with van der Waals surface area (Å²) in [7, 11) is 0. The number of hydrogen-bond acceptors (Lipinski definition) is 3. The summed E-state index contributed by atoms with van der Waals surface area (Å²) < 4.78 is 5.48. The highest BCUT2D eigenvalue weighted by molar-refractivity contribution is 6.39. The Balaban J connectivity index is 1.80. The fourth-order valence-electron chi connectivity index (χ4n) is 2.27. The highest BCUT2D eigenvalue weighted by atomic mass is 16.5. The highest BCUT2D eigenvalue weighted by Gasteiger charge is 2.15. The van der Waals surface area contributed by atoms with Gasteiger partial charge in [0.1, 0.15) is 5.75 Å². The van der Waals surface area contributed by atoms with Crippen LogP contribution in [0, 0.1) is 0 Å². The van der Waals surface area contributed by atoms with Crippen LogP contribution in [-0.4, -0.2) is 25.0 Å². The molecule has 2 rings (SSSR count). The molecule has 0 heterocycles. The number of nitrogens with one attached hydrogen (secondary N) is 2. The Bertz CT molecular complexity index is 684. The Kier molecular flexibility index (Phi) is 7.01. The second-order valence-corrected chi connectivity index (χ2v) is 5.85. The van der Waals surface area contributed by atoms with Crippen molar-refractivity contribution in [2.75, 3.05) is 18.5 Å². The molecule has 132 valence electrons. The van der Waals surface area contributed by atoms with Crippen LogP contribution in [0.3, 0.4) is 0 Å². The lowest BCUT2D eigenvalue weighted by Crippen LogP contribution is -2.37. The Morgan fingerprint density at radius 1 is 1.00 bits per heavy atom. The first-order chi connectivity index (χ1) is 12.1. The minimum atomic E-state index is -0.678. The molecule has 25 heavy (non-hydrogen) atoms. The number of amides is 2. The third kappa shape index (κ3) is 5.95. The van der Waals surface area contributed by atoms with E-state index in [0.29, 0.717) is 18.8 Å². The van der Waals surface area contributed by atoms with Crippen LogP contribution in [0.1, 0.15) is 31.7 Å². The summed E-state index contributed by atoms with van der Waals surface area (Å²) >= 11 is 0. The van der Waals surface area contributed by atoms with Gasteiger partial charge in [0.15, 0.2) is 0 Å². The number of anilines is 1.